The first-order valence-electron chi connectivity index (χ1n) is 8.47. The molecule has 0 aliphatic heterocycles. The van der Waals surface area contributed by atoms with Gasteiger partial charge in [-0.05, 0) is 46.6 Å². The highest BCUT2D eigenvalue weighted by molar-refractivity contribution is 6.00. The second-order valence-corrected chi connectivity index (χ2v) is 7.56. The lowest BCUT2D eigenvalue weighted by Crippen LogP contribution is -2.27. The van der Waals surface area contributed by atoms with Crippen molar-refractivity contribution >= 4 is 22.6 Å². The highest BCUT2D eigenvalue weighted by atomic mass is 15.0. The molecule has 1 heterocycles. The normalized spacial score (nSPS) is 20.8. The molecule has 114 valence electrons. The molecule has 0 amide bonds. The van der Waals surface area contributed by atoms with Crippen LogP contribution in [0.25, 0.3) is 22.6 Å². The van der Waals surface area contributed by atoms with Gasteiger partial charge >= 0.3 is 0 Å². The molecule has 5 rings (SSSR count). The standard InChI is InChI=1S/C22H21N/c1-22(2)18-10-6-4-8-14(18)16-12-17-15-9-5-7-11-20(15)23(3)21(17)13-19(16)22/h4-12,19H,13H2,1-3H3. The number of allylic oxidation sites excluding steroid dienone is 1. The quantitative estimate of drug-likeness (QED) is 0.539. The van der Waals surface area contributed by atoms with E-state index < -0.39 is 0 Å². The molecular weight excluding hydrogens is 278 g/mol. The van der Waals surface area contributed by atoms with Crippen LogP contribution in [0.1, 0.15) is 36.2 Å². The maximum absolute atomic E-state index is 2.47. The van der Waals surface area contributed by atoms with Crippen LogP contribution in [-0.2, 0) is 18.9 Å². The zero-order valence-electron chi connectivity index (χ0n) is 13.9. The first kappa shape index (κ1) is 13.2. The minimum absolute atomic E-state index is 0.205. The van der Waals surface area contributed by atoms with Crippen molar-refractivity contribution in [2.75, 3.05) is 0 Å². The van der Waals surface area contributed by atoms with Gasteiger partial charge in [0.25, 0.3) is 0 Å². The average molecular weight is 299 g/mol. The van der Waals surface area contributed by atoms with Gasteiger partial charge in [0.1, 0.15) is 0 Å². The Labute approximate surface area is 137 Å². The Hall–Kier alpha value is -2.28. The van der Waals surface area contributed by atoms with Crippen molar-refractivity contribution in [1.82, 2.24) is 4.57 Å². The second kappa shape index (κ2) is 4.17. The van der Waals surface area contributed by atoms with E-state index in [4.69, 9.17) is 0 Å². The number of rotatable bonds is 0. The Morgan fingerprint density at radius 3 is 2.61 bits per heavy atom. The largest absolute Gasteiger partial charge is 0.347 e. The number of nitrogens with zero attached hydrogens (tertiary/aromatic N) is 1. The third-order valence-electron chi connectivity index (χ3n) is 6.15. The van der Waals surface area contributed by atoms with E-state index in [2.05, 4.69) is 80.1 Å². The summed E-state index contributed by atoms with van der Waals surface area (Å²) in [7, 11) is 2.22. The summed E-state index contributed by atoms with van der Waals surface area (Å²) in [5.41, 5.74) is 8.98. The van der Waals surface area contributed by atoms with Crippen molar-refractivity contribution in [3.8, 4) is 0 Å². The van der Waals surface area contributed by atoms with Crippen LogP contribution >= 0.6 is 0 Å². The third-order valence-corrected chi connectivity index (χ3v) is 6.15. The SMILES string of the molecule is Cn1c2c(c3ccccc31)C=C1c3ccccc3C(C)(C)C1C2. The average Bonchev–Trinajstić information content (AvgIpc) is 2.98. The van der Waals surface area contributed by atoms with Gasteiger partial charge in [0.2, 0.25) is 0 Å². The van der Waals surface area contributed by atoms with E-state index in [0.29, 0.717) is 5.92 Å². The molecule has 0 saturated carbocycles. The predicted molar refractivity (Wildman–Crippen MR) is 97.5 cm³/mol. The maximum Gasteiger partial charge on any atom is 0.0486 e. The minimum atomic E-state index is 0.205. The van der Waals surface area contributed by atoms with E-state index in [0.717, 1.165) is 6.42 Å². The van der Waals surface area contributed by atoms with Gasteiger partial charge in [0, 0.05) is 29.2 Å². The van der Waals surface area contributed by atoms with Crippen molar-refractivity contribution < 1.29 is 0 Å². The molecule has 0 bridgehead atoms. The van der Waals surface area contributed by atoms with Gasteiger partial charge in [-0.1, -0.05) is 56.3 Å². The van der Waals surface area contributed by atoms with Crippen LogP contribution in [0.4, 0.5) is 0 Å². The highest BCUT2D eigenvalue weighted by Crippen LogP contribution is 2.54. The van der Waals surface area contributed by atoms with Gasteiger partial charge in [-0.3, -0.25) is 0 Å². The molecular formula is C22H21N. The fraction of sp³-hybridized carbons (Fsp3) is 0.273. The summed E-state index contributed by atoms with van der Waals surface area (Å²) >= 11 is 0. The highest BCUT2D eigenvalue weighted by Gasteiger charge is 2.44. The van der Waals surface area contributed by atoms with Crippen LogP contribution in [0.2, 0.25) is 0 Å². The van der Waals surface area contributed by atoms with Crippen molar-refractivity contribution in [2.24, 2.45) is 13.0 Å². The van der Waals surface area contributed by atoms with Crippen molar-refractivity contribution in [2.45, 2.75) is 25.7 Å². The number of aromatic nitrogens is 1. The molecule has 1 heteroatoms. The molecule has 3 aromatic rings. The molecule has 2 aromatic carbocycles. The number of benzene rings is 2. The van der Waals surface area contributed by atoms with E-state index in [1.54, 1.807) is 0 Å². The van der Waals surface area contributed by atoms with Crippen molar-refractivity contribution in [3.05, 3.63) is 70.9 Å². The van der Waals surface area contributed by atoms with Crippen LogP contribution in [0.5, 0.6) is 0 Å². The zero-order chi connectivity index (χ0) is 15.8. The van der Waals surface area contributed by atoms with Crippen LogP contribution in [0.3, 0.4) is 0 Å². The molecule has 0 N–H and O–H groups in total. The maximum atomic E-state index is 2.47. The van der Waals surface area contributed by atoms with Crippen LogP contribution < -0.4 is 0 Å². The lowest BCUT2D eigenvalue weighted by atomic mass is 9.73. The minimum Gasteiger partial charge on any atom is -0.347 e. The molecule has 0 fully saturated rings. The van der Waals surface area contributed by atoms with E-state index >= 15 is 0 Å². The summed E-state index contributed by atoms with van der Waals surface area (Å²) in [6.07, 6.45) is 3.60. The van der Waals surface area contributed by atoms with Gasteiger partial charge in [-0.25, -0.2) is 0 Å². The Morgan fingerprint density at radius 2 is 1.74 bits per heavy atom. The van der Waals surface area contributed by atoms with Crippen molar-refractivity contribution in [1.29, 1.82) is 0 Å². The van der Waals surface area contributed by atoms with E-state index in [-0.39, 0.29) is 5.41 Å². The number of fused-ring (bicyclic) bond motifs is 6. The number of para-hydroxylation sites is 1. The lowest BCUT2D eigenvalue weighted by Gasteiger charge is -2.31. The summed E-state index contributed by atoms with van der Waals surface area (Å²) in [4.78, 5) is 0. The Bertz CT molecular complexity index is 984. The molecule has 1 nitrogen and oxygen atoms in total. The van der Waals surface area contributed by atoms with Gasteiger partial charge in [-0.15, -0.1) is 0 Å². The number of hydrogen-bond donors (Lipinski definition) is 0. The number of hydrogen-bond acceptors (Lipinski definition) is 0. The van der Waals surface area contributed by atoms with Gasteiger partial charge < -0.3 is 4.57 Å². The van der Waals surface area contributed by atoms with Crippen molar-refractivity contribution in [3.63, 3.8) is 0 Å². The molecule has 23 heavy (non-hydrogen) atoms. The summed E-state index contributed by atoms with van der Waals surface area (Å²) in [6.45, 7) is 4.82. The molecule has 1 aromatic heterocycles. The zero-order valence-corrected chi connectivity index (χ0v) is 13.9. The molecule has 1 atom stereocenters. The van der Waals surface area contributed by atoms with Crippen LogP contribution in [0, 0.1) is 5.92 Å². The lowest BCUT2D eigenvalue weighted by molar-refractivity contribution is 0.404. The topological polar surface area (TPSA) is 4.93 Å². The van der Waals surface area contributed by atoms with E-state index in [1.165, 1.54) is 38.9 Å². The Balaban J connectivity index is 1.84. The summed E-state index contributed by atoms with van der Waals surface area (Å²) < 4.78 is 2.40. The molecule has 0 spiro atoms. The van der Waals surface area contributed by atoms with Crippen LogP contribution in [0.15, 0.2) is 48.5 Å². The summed E-state index contributed by atoms with van der Waals surface area (Å²) in [5.74, 6) is 0.579. The van der Waals surface area contributed by atoms with Gasteiger partial charge in [-0.2, -0.15) is 0 Å². The molecule has 0 radical (unpaired) electrons. The fourth-order valence-electron chi connectivity index (χ4n) is 4.84. The Kier molecular flexibility index (Phi) is 2.39. The third kappa shape index (κ3) is 1.53. The van der Waals surface area contributed by atoms with E-state index in [1.807, 2.05) is 0 Å². The fourth-order valence-corrected chi connectivity index (χ4v) is 4.84. The van der Waals surface area contributed by atoms with Gasteiger partial charge in [0.05, 0.1) is 0 Å². The monoisotopic (exact) mass is 299 g/mol. The van der Waals surface area contributed by atoms with E-state index in [9.17, 15) is 0 Å². The molecule has 1 unspecified atom stereocenters. The van der Waals surface area contributed by atoms with Crippen LogP contribution in [-0.4, -0.2) is 4.57 Å². The first-order chi connectivity index (χ1) is 11.1. The molecule has 0 saturated heterocycles. The number of aryl methyl sites for hydroxylation is 1. The van der Waals surface area contributed by atoms with Gasteiger partial charge in [0.15, 0.2) is 0 Å². The second-order valence-electron chi connectivity index (χ2n) is 7.56. The molecule has 2 aliphatic carbocycles. The summed E-state index contributed by atoms with van der Waals surface area (Å²) in [5, 5.41) is 1.39. The first-order valence-corrected chi connectivity index (χ1v) is 8.47. The molecule has 2 aliphatic rings. The summed E-state index contributed by atoms with van der Waals surface area (Å²) in [6, 6.07) is 17.8. The predicted octanol–water partition coefficient (Wildman–Crippen LogP) is 5.18. The smallest absolute Gasteiger partial charge is 0.0486 e. The Morgan fingerprint density at radius 1 is 1.00 bits per heavy atom.